The van der Waals surface area contributed by atoms with Gasteiger partial charge in [0.15, 0.2) is 0 Å². The number of carbonyl (C=O) groups excluding carboxylic acids is 1. The molecule has 0 spiro atoms. The maximum absolute atomic E-state index is 12.4. The van der Waals surface area contributed by atoms with Gasteiger partial charge in [-0.25, -0.2) is 0 Å². The Labute approximate surface area is 137 Å². The lowest BCUT2D eigenvalue weighted by Crippen LogP contribution is -2.27. The monoisotopic (exact) mass is 316 g/mol. The summed E-state index contributed by atoms with van der Waals surface area (Å²) in [5.74, 6) is 0.0338. The van der Waals surface area contributed by atoms with Crippen LogP contribution >= 0.6 is 12.4 Å². The lowest BCUT2D eigenvalue weighted by Gasteiger charge is -2.20. The molecular formula is C18H21ClN2O. The van der Waals surface area contributed by atoms with Crippen molar-refractivity contribution in [1.82, 2.24) is 5.32 Å². The number of hydrogen-bond donors (Lipinski definition) is 2. The number of hydrogen-bond acceptors (Lipinski definition) is 2. The normalized spacial score (nSPS) is 12.5. The Bertz CT molecular complexity index is 628. The molecule has 1 aliphatic heterocycles. The van der Waals surface area contributed by atoms with E-state index in [4.69, 9.17) is 0 Å². The van der Waals surface area contributed by atoms with E-state index in [1.165, 1.54) is 5.56 Å². The van der Waals surface area contributed by atoms with Crippen LogP contribution in [0.3, 0.4) is 0 Å². The highest BCUT2D eigenvalue weighted by Crippen LogP contribution is 2.25. The van der Waals surface area contributed by atoms with Crippen LogP contribution < -0.4 is 10.6 Å². The predicted octanol–water partition coefficient (Wildman–Crippen LogP) is 3.44. The zero-order valence-corrected chi connectivity index (χ0v) is 13.3. The molecular weight excluding hydrogens is 296 g/mol. The first-order valence-electron chi connectivity index (χ1n) is 7.52. The standard InChI is InChI=1S/C18H20N2O.ClH/c21-18(20-13-11-14-6-2-1-3-7-14)16-8-4-10-17-15(16)9-5-12-19-17;/h1-4,6-8,10,19H,5,9,11-13H2,(H,20,21);1H. The Morgan fingerprint density at radius 2 is 1.91 bits per heavy atom. The molecule has 0 aromatic heterocycles. The Kier molecular flexibility index (Phi) is 5.84. The summed E-state index contributed by atoms with van der Waals surface area (Å²) in [5, 5.41) is 6.39. The van der Waals surface area contributed by atoms with E-state index in [9.17, 15) is 4.79 Å². The maximum Gasteiger partial charge on any atom is 0.251 e. The quantitative estimate of drug-likeness (QED) is 0.907. The van der Waals surface area contributed by atoms with Crippen LogP contribution in [-0.2, 0) is 12.8 Å². The molecule has 1 amide bonds. The van der Waals surface area contributed by atoms with Crippen molar-refractivity contribution in [2.24, 2.45) is 0 Å². The number of nitrogens with one attached hydrogen (secondary N) is 2. The number of benzene rings is 2. The number of fused-ring (bicyclic) bond motifs is 1. The summed E-state index contributed by atoms with van der Waals surface area (Å²) in [7, 11) is 0. The van der Waals surface area contributed by atoms with Gasteiger partial charge in [-0.2, -0.15) is 0 Å². The van der Waals surface area contributed by atoms with Crippen molar-refractivity contribution in [2.75, 3.05) is 18.4 Å². The zero-order chi connectivity index (χ0) is 14.5. The van der Waals surface area contributed by atoms with Gasteiger partial charge in [0.25, 0.3) is 5.91 Å². The fourth-order valence-corrected chi connectivity index (χ4v) is 2.78. The van der Waals surface area contributed by atoms with Gasteiger partial charge in [-0.3, -0.25) is 4.79 Å². The molecule has 22 heavy (non-hydrogen) atoms. The highest BCUT2D eigenvalue weighted by Gasteiger charge is 2.16. The molecule has 0 unspecified atom stereocenters. The number of anilines is 1. The molecule has 1 aliphatic rings. The lowest BCUT2D eigenvalue weighted by molar-refractivity contribution is 0.0953. The Balaban J connectivity index is 0.00000176. The van der Waals surface area contributed by atoms with Crippen molar-refractivity contribution in [1.29, 1.82) is 0 Å². The number of halogens is 1. The molecule has 116 valence electrons. The molecule has 0 bridgehead atoms. The van der Waals surface area contributed by atoms with E-state index in [-0.39, 0.29) is 18.3 Å². The molecule has 3 nitrogen and oxygen atoms in total. The SMILES string of the molecule is Cl.O=C(NCCc1ccccc1)c1cccc2c1CCCN2. The Hall–Kier alpha value is -2.00. The van der Waals surface area contributed by atoms with Gasteiger partial charge in [-0.15, -0.1) is 12.4 Å². The van der Waals surface area contributed by atoms with Gasteiger partial charge in [0.2, 0.25) is 0 Å². The molecule has 2 aromatic carbocycles. The van der Waals surface area contributed by atoms with Crippen LogP contribution in [0.5, 0.6) is 0 Å². The van der Waals surface area contributed by atoms with Gasteiger partial charge in [0.05, 0.1) is 0 Å². The van der Waals surface area contributed by atoms with Crippen molar-refractivity contribution in [3.8, 4) is 0 Å². The molecule has 2 N–H and O–H groups in total. The van der Waals surface area contributed by atoms with E-state index in [2.05, 4.69) is 28.8 Å². The minimum Gasteiger partial charge on any atom is -0.385 e. The van der Waals surface area contributed by atoms with Crippen LogP contribution in [0.4, 0.5) is 5.69 Å². The maximum atomic E-state index is 12.4. The molecule has 0 radical (unpaired) electrons. The second kappa shape index (κ2) is 7.85. The molecule has 3 rings (SSSR count). The molecule has 0 fully saturated rings. The first-order valence-corrected chi connectivity index (χ1v) is 7.52. The van der Waals surface area contributed by atoms with Crippen LogP contribution in [-0.4, -0.2) is 19.0 Å². The van der Waals surface area contributed by atoms with Gasteiger partial charge in [-0.1, -0.05) is 36.4 Å². The van der Waals surface area contributed by atoms with E-state index in [1.54, 1.807) is 0 Å². The highest BCUT2D eigenvalue weighted by atomic mass is 35.5. The smallest absolute Gasteiger partial charge is 0.251 e. The Morgan fingerprint density at radius 3 is 2.73 bits per heavy atom. The predicted molar refractivity (Wildman–Crippen MR) is 93.0 cm³/mol. The summed E-state index contributed by atoms with van der Waals surface area (Å²) in [6, 6.07) is 16.1. The van der Waals surface area contributed by atoms with E-state index >= 15 is 0 Å². The second-order valence-corrected chi connectivity index (χ2v) is 5.35. The number of rotatable bonds is 4. The van der Waals surface area contributed by atoms with Gasteiger partial charge in [0.1, 0.15) is 0 Å². The summed E-state index contributed by atoms with van der Waals surface area (Å²) in [6.45, 7) is 1.66. The van der Waals surface area contributed by atoms with E-state index in [1.807, 2.05) is 30.3 Å². The first kappa shape index (κ1) is 16.4. The van der Waals surface area contributed by atoms with Crippen molar-refractivity contribution >= 4 is 24.0 Å². The third-order valence-corrected chi connectivity index (χ3v) is 3.88. The van der Waals surface area contributed by atoms with Crippen LogP contribution in [0.15, 0.2) is 48.5 Å². The lowest BCUT2D eigenvalue weighted by atomic mass is 9.97. The molecule has 1 heterocycles. The van der Waals surface area contributed by atoms with E-state index < -0.39 is 0 Å². The van der Waals surface area contributed by atoms with Crippen molar-refractivity contribution in [3.63, 3.8) is 0 Å². The Morgan fingerprint density at radius 1 is 1.09 bits per heavy atom. The summed E-state index contributed by atoms with van der Waals surface area (Å²) >= 11 is 0. The largest absolute Gasteiger partial charge is 0.385 e. The molecule has 0 saturated heterocycles. The summed E-state index contributed by atoms with van der Waals surface area (Å²) in [5.41, 5.74) is 4.32. The molecule has 0 atom stereocenters. The van der Waals surface area contributed by atoms with Gasteiger partial charge < -0.3 is 10.6 Å². The topological polar surface area (TPSA) is 41.1 Å². The third kappa shape index (κ3) is 3.80. The van der Waals surface area contributed by atoms with Crippen LogP contribution in [0, 0.1) is 0 Å². The van der Waals surface area contributed by atoms with Crippen LogP contribution in [0.25, 0.3) is 0 Å². The molecule has 0 aliphatic carbocycles. The van der Waals surface area contributed by atoms with Gasteiger partial charge in [0, 0.05) is 24.3 Å². The third-order valence-electron chi connectivity index (χ3n) is 3.88. The molecule has 2 aromatic rings. The van der Waals surface area contributed by atoms with Crippen molar-refractivity contribution in [2.45, 2.75) is 19.3 Å². The fraction of sp³-hybridized carbons (Fsp3) is 0.278. The van der Waals surface area contributed by atoms with Gasteiger partial charge in [-0.05, 0) is 42.5 Å². The van der Waals surface area contributed by atoms with Gasteiger partial charge >= 0.3 is 0 Å². The van der Waals surface area contributed by atoms with E-state index in [0.29, 0.717) is 6.54 Å². The summed E-state index contributed by atoms with van der Waals surface area (Å²) < 4.78 is 0. The minimum absolute atomic E-state index is 0. The minimum atomic E-state index is 0. The van der Waals surface area contributed by atoms with Crippen LogP contribution in [0.1, 0.15) is 27.9 Å². The van der Waals surface area contributed by atoms with Crippen LogP contribution in [0.2, 0.25) is 0 Å². The average molecular weight is 317 g/mol. The summed E-state index contributed by atoms with van der Waals surface area (Å²) in [4.78, 5) is 12.4. The summed E-state index contributed by atoms with van der Waals surface area (Å²) in [6.07, 6.45) is 2.92. The van der Waals surface area contributed by atoms with Crippen molar-refractivity contribution in [3.05, 3.63) is 65.2 Å². The molecule has 4 heteroatoms. The van der Waals surface area contributed by atoms with Crippen molar-refractivity contribution < 1.29 is 4.79 Å². The fourth-order valence-electron chi connectivity index (χ4n) is 2.78. The zero-order valence-electron chi connectivity index (χ0n) is 12.5. The average Bonchev–Trinajstić information content (AvgIpc) is 2.55. The highest BCUT2D eigenvalue weighted by molar-refractivity contribution is 5.97. The number of amides is 1. The first-order chi connectivity index (χ1) is 10.3. The number of carbonyl (C=O) groups is 1. The second-order valence-electron chi connectivity index (χ2n) is 5.35. The molecule has 0 saturated carbocycles. The van der Waals surface area contributed by atoms with E-state index in [0.717, 1.165) is 42.6 Å².